The summed E-state index contributed by atoms with van der Waals surface area (Å²) in [5, 5.41) is 24.3. The van der Waals surface area contributed by atoms with E-state index in [4.69, 9.17) is 30.9 Å². The minimum absolute atomic E-state index is 0.211. The molecule has 50 heavy (non-hydrogen) atoms. The van der Waals surface area contributed by atoms with Crippen LogP contribution < -0.4 is 14.8 Å². The number of morpholine rings is 1. The van der Waals surface area contributed by atoms with Crippen molar-refractivity contribution in [3.8, 4) is 22.8 Å². The van der Waals surface area contributed by atoms with E-state index in [0.29, 0.717) is 47.5 Å². The molecule has 1 saturated heterocycles. The Morgan fingerprint density at radius 1 is 1.02 bits per heavy atom. The van der Waals surface area contributed by atoms with Gasteiger partial charge in [-0.05, 0) is 80.6 Å². The molecular formula is C34H43ClN12O3. The van der Waals surface area contributed by atoms with Crippen LogP contribution in [0.25, 0.3) is 11.1 Å². The van der Waals surface area contributed by atoms with Crippen molar-refractivity contribution < 1.29 is 14.2 Å². The molecule has 0 radical (unpaired) electrons. The van der Waals surface area contributed by atoms with Gasteiger partial charge in [-0.25, -0.2) is 14.6 Å². The van der Waals surface area contributed by atoms with E-state index in [1.165, 1.54) is 0 Å². The number of rotatable bonds is 12. The van der Waals surface area contributed by atoms with E-state index in [1.807, 2.05) is 43.0 Å². The van der Waals surface area contributed by atoms with Gasteiger partial charge in [0.1, 0.15) is 30.5 Å². The van der Waals surface area contributed by atoms with Gasteiger partial charge in [0.05, 0.1) is 41.7 Å². The molecule has 16 heteroatoms. The molecule has 1 N–H and O–H groups in total. The monoisotopic (exact) mass is 702 g/mol. The van der Waals surface area contributed by atoms with Crippen LogP contribution in [-0.2, 0) is 24.9 Å². The zero-order chi connectivity index (χ0) is 34.6. The lowest BCUT2D eigenvalue weighted by Gasteiger charge is -2.42. The van der Waals surface area contributed by atoms with E-state index in [2.05, 4.69) is 54.7 Å². The number of nitrogens with zero attached hydrogens (tertiary/aromatic N) is 11. The first-order valence-corrected chi connectivity index (χ1v) is 17.5. The summed E-state index contributed by atoms with van der Waals surface area (Å²) >= 11 is 6.47. The Bertz CT molecular complexity index is 1830. The Labute approximate surface area is 295 Å². The lowest BCUT2D eigenvalue weighted by atomic mass is 9.89. The van der Waals surface area contributed by atoms with Crippen LogP contribution >= 0.6 is 11.6 Å². The molecular weight excluding hydrogens is 660 g/mol. The van der Waals surface area contributed by atoms with E-state index < -0.39 is 0 Å². The van der Waals surface area contributed by atoms with Crippen molar-refractivity contribution in [3.05, 3.63) is 66.1 Å². The topological polar surface area (TPSA) is 148 Å². The normalized spacial score (nSPS) is 21.9. The maximum atomic E-state index is 6.47. The van der Waals surface area contributed by atoms with Gasteiger partial charge in [-0.2, -0.15) is 5.10 Å². The Morgan fingerprint density at radius 3 is 2.48 bits per heavy atom. The summed E-state index contributed by atoms with van der Waals surface area (Å²) in [5.74, 6) is 1.48. The van der Waals surface area contributed by atoms with Crippen LogP contribution in [0.5, 0.6) is 11.6 Å². The molecule has 1 aliphatic heterocycles. The second kappa shape index (κ2) is 15.1. The van der Waals surface area contributed by atoms with E-state index in [-0.39, 0.29) is 24.4 Å². The SMILES string of the molecule is C[C@@H]1CN(C2CCC(n3cc(Nc4ncc(-c5ccc(Cl)c(O[C@@H](C)Cn6cnnn6)c5)cn4)c(OCc4ccnn4C)n3)CC2)C[C@H](C)O1. The molecule has 3 atom stereocenters. The molecule has 0 spiro atoms. The number of hydrogen-bond donors (Lipinski definition) is 1. The summed E-state index contributed by atoms with van der Waals surface area (Å²) in [6.07, 6.45) is 13.5. The number of ether oxygens (including phenoxy) is 3. The fourth-order valence-electron chi connectivity index (χ4n) is 6.86. The summed E-state index contributed by atoms with van der Waals surface area (Å²) in [6.45, 7) is 9.08. The standard InChI is InChI=1S/C34H43ClN12O3/c1-22-16-45(17-23(2)49-22)27-6-8-28(9-7-27)47-19-31(33(41-47)48-20-29-11-12-39-44(29)4)40-34-36-14-26(15-37-34)25-5-10-30(35)32(13-25)50-24(3)18-46-21-38-42-43-46/h5,10-15,19,21-24,27-28H,6-9,16-18,20H2,1-4H3,(H,36,37,40)/t22-,23+,24-,27?,28?/m0/s1. The minimum atomic E-state index is -0.211. The van der Waals surface area contributed by atoms with Gasteiger partial charge < -0.3 is 19.5 Å². The maximum absolute atomic E-state index is 6.47. The van der Waals surface area contributed by atoms with Crippen molar-refractivity contribution in [2.45, 2.75) is 90.0 Å². The van der Waals surface area contributed by atoms with Gasteiger partial charge in [0.25, 0.3) is 5.88 Å². The molecule has 0 unspecified atom stereocenters. The lowest BCUT2D eigenvalue weighted by molar-refractivity contribution is -0.0852. The second-order valence-corrected chi connectivity index (χ2v) is 13.7. The van der Waals surface area contributed by atoms with Crippen LogP contribution in [0.3, 0.4) is 0 Å². The van der Waals surface area contributed by atoms with Gasteiger partial charge in [-0.15, -0.1) is 10.2 Å². The van der Waals surface area contributed by atoms with Gasteiger partial charge in [0.2, 0.25) is 5.95 Å². The first-order chi connectivity index (χ1) is 24.3. The molecule has 0 bridgehead atoms. The molecule has 5 heterocycles. The van der Waals surface area contributed by atoms with Crippen LogP contribution in [0.15, 0.2) is 55.4 Å². The van der Waals surface area contributed by atoms with Gasteiger partial charge in [0, 0.05) is 50.3 Å². The van der Waals surface area contributed by atoms with Crippen LogP contribution in [0, 0.1) is 0 Å². The quantitative estimate of drug-likeness (QED) is 0.185. The molecule has 1 saturated carbocycles. The van der Waals surface area contributed by atoms with Gasteiger partial charge in [-0.1, -0.05) is 17.7 Å². The van der Waals surface area contributed by atoms with E-state index in [0.717, 1.165) is 55.6 Å². The Morgan fingerprint density at radius 2 is 1.78 bits per heavy atom. The third kappa shape index (κ3) is 8.06. The fourth-order valence-corrected chi connectivity index (χ4v) is 7.02. The zero-order valence-corrected chi connectivity index (χ0v) is 29.5. The summed E-state index contributed by atoms with van der Waals surface area (Å²) in [4.78, 5) is 11.9. The first-order valence-electron chi connectivity index (χ1n) is 17.1. The molecule has 5 aromatic rings. The van der Waals surface area contributed by atoms with Crippen molar-refractivity contribution in [1.29, 1.82) is 0 Å². The van der Waals surface area contributed by atoms with Gasteiger partial charge >= 0.3 is 0 Å². The predicted molar refractivity (Wildman–Crippen MR) is 186 cm³/mol. The van der Waals surface area contributed by atoms with Crippen LogP contribution in [0.2, 0.25) is 5.02 Å². The summed E-state index contributed by atoms with van der Waals surface area (Å²) in [6, 6.07) is 8.38. The third-order valence-electron chi connectivity index (χ3n) is 9.31. The maximum Gasteiger partial charge on any atom is 0.257 e. The predicted octanol–water partition coefficient (Wildman–Crippen LogP) is 5.10. The van der Waals surface area contributed by atoms with Crippen LogP contribution in [-0.4, -0.2) is 92.1 Å². The highest BCUT2D eigenvalue weighted by Gasteiger charge is 2.32. The van der Waals surface area contributed by atoms with E-state index in [9.17, 15) is 0 Å². The molecule has 15 nitrogen and oxygen atoms in total. The van der Waals surface area contributed by atoms with Crippen molar-refractivity contribution in [1.82, 2.24) is 54.6 Å². The average Bonchev–Trinajstić information content (AvgIpc) is 3.87. The minimum Gasteiger partial charge on any atom is -0.487 e. The van der Waals surface area contributed by atoms with Crippen molar-refractivity contribution in [2.75, 3.05) is 18.4 Å². The molecule has 1 aromatic carbocycles. The highest BCUT2D eigenvalue weighted by Crippen LogP contribution is 2.36. The largest absolute Gasteiger partial charge is 0.487 e. The number of anilines is 2. The number of nitrogens with one attached hydrogen (secondary N) is 1. The second-order valence-electron chi connectivity index (χ2n) is 13.3. The van der Waals surface area contributed by atoms with Crippen molar-refractivity contribution in [2.24, 2.45) is 7.05 Å². The molecule has 2 aliphatic rings. The molecule has 264 valence electrons. The number of halogens is 1. The van der Waals surface area contributed by atoms with Gasteiger partial charge in [-0.3, -0.25) is 14.3 Å². The number of hydrogen-bond acceptors (Lipinski definition) is 12. The van der Waals surface area contributed by atoms with E-state index >= 15 is 0 Å². The summed E-state index contributed by atoms with van der Waals surface area (Å²) in [5.41, 5.74) is 3.33. The van der Waals surface area contributed by atoms with Crippen LogP contribution in [0.4, 0.5) is 11.6 Å². The molecule has 2 fully saturated rings. The molecule has 1 aliphatic carbocycles. The fraction of sp³-hybridized carbons (Fsp3) is 0.500. The highest BCUT2D eigenvalue weighted by atomic mass is 35.5. The Balaban J connectivity index is 1.04. The Hall–Kier alpha value is -4.60. The number of benzene rings is 1. The van der Waals surface area contributed by atoms with Gasteiger partial charge in [0.15, 0.2) is 0 Å². The molecule has 7 rings (SSSR count). The Kier molecular flexibility index (Phi) is 10.2. The van der Waals surface area contributed by atoms with Crippen LogP contribution in [0.1, 0.15) is 58.2 Å². The third-order valence-corrected chi connectivity index (χ3v) is 9.62. The molecule has 0 amide bonds. The van der Waals surface area contributed by atoms with Crippen molar-refractivity contribution in [3.63, 3.8) is 0 Å². The number of aryl methyl sites for hydroxylation is 1. The highest BCUT2D eigenvalue weighted by molar-refractivity contribution is 6.32. The molecule has 4 aromatic heterocycles. The summed E-state index contributed by atoms with van der Waals surface area (Å²) in [7, 11) is 1.90. The number of aromatic nitrogens is 10. The van der Waals surface area contributed by atoms with E-state index in [1.54, 1.807) is 40.3 Å². The lowest BCUT2D eigenvalue weighted by Crippen LogP contribution is -2.51. The zero-order valence-electron chi connectivity index (χ0n) is 28.8. The first kappa shape index (κ1) is 33.9. The van der Waals surface area contributed by atoms with Crippen molar-refractivity contribution >= 4 is 23.2 Å². The summed E-state index contributed by atoms with van der Waals surface area (Å²) < 4.78 is 23.8. The smallest absolute Gasteiger partial charge is 0.257 e. The average molecular weight is 703 g/mol. The number of tetrazole rings is 1.